The highest BCUT2D eigenvalue weighted by Gasteiger charge is 2.26. The van der Waals surface area contributed by atoms with Crippen molar-refractivity contribution in [1.82, 2.24) is 0 Å². The first kappa shape index (κ1) is 22.9. The van der Waals surface area contributed by atoms with Crippen molar-refractivity contribution in [1.29, 1.82) is 0 Å². The summed E-state index contributed by atoms with van der Waals surface area (Å²) < 4.78 is 33.4. The minimum Gasteiger partial charge on any atom is -0.495 e. The second-order valence-electron chi connectivity index (χ2n) is 7.28. The molecule has 0 aromatic heterocycles. The Morgan fingerprint density at radius 2 is 1.84 bits per heavy atom. The van der Waals surface area contributed by atoms with E-state index in [4.69, 9.17) is 9.47 Å². The van der Waals surface area contributed by atoms with E-state index in [1.54, 1.807) is 7.11 Å². The number of carbonyl (C=O) groups is 1. The van der Waals surface area contributed by atoms with Gasteiger partial charge in [-0.05, 0) is 43.2 Å². The predicted octanol–water partition coefficient (Wildman–Crippen LogP) is 5.89. The molecule has 3 aromatic carbocycles. The lowest BCUT2D eigenvalue weighted by atomic mass is 10.1. The van der Waals surface area contributed by atoms with Crippen molar-refractivity contribution < 1.29 is 18.5 Å². The summed E-state index contributed by atoms with van der Waals surface area (Å²) in [6.07, 6.45) is 1.89. The Hall–Kier alpha value is -2.23. The van der Waals surface area contributed by atoms with Crippen LogP contribution in [0.5, 0.6) is 5.75 Å². The molecule has 1 saturated carbocycles. The summed E-state index contributed by atoms with van der Waals surface area (Å²) >= 11 is 4.75. The molecule has 168 valence electrons. The van der Waals surface area contributed by atoms with Crippen LogP contribution in [-0.4, -0.2) is 36.2 Å². The quantitative estimate of drug-likeness (QED) is 0.288. The van der Waals surface area contributed by atoms with Gasteiger partial charge in [0.1, 0.15) is 5.75 Å². The van der Waals surface area contributed by atoms with Crippen LogP contribution in [0.15, 0.2) is 73.2 Å². The number of ether oxygens (including phenoxy) is 2. The maximum Gasteiger partial charge on any atom is 0.315 e. The largest absolute Gasteiger partial charge is 0.495 e. The standard InChI is InChI=1S/C23H23BrN2O4S2/c1-29-22(27)14-31-21-13-20(18-5-3-4-6-19(18)23(21)30-2)26-32(28,25-16-9-10-16)17-11-7-15(24)8-12-17/h3-8,11-13,16H,9-10,14H2,1-2H3,(H,25,26,28). The summed E-state index contributed by atoms with van der Waals surface area (Å²) in [5, 5.41) is 1.72. The summed E-state index contributed by atoms with van der Waals surface area (Å²) in [5.41, 5.74) is 0.672. The molecule has 1 fully saturated rings. The van der Waals surface area contributed by atoms with Crippen molar-refractivity contribution in [2.24, 2.45) is 4.36 Å². The molecule has 32 heavy (non-hydrogen) atoms. The Kier molecular flexibility index (Phi) is 6.97. The van der Waals surface area contributed by atoms with E-state index in [1.165, 1.54) is 18.9 Å². The van der Waals surface area contributed by atoms with Crippen molar-refractivity contribution >= 4 is 60.0 Å². The molecule has 4 rings (SSSR count). The molecule has 1 N–H and O–H groups in total. The van der Waals surface area contributed by atoms with Gasteiger partial charge in [-0.1, -0.05) is 40.2 Å². The van der Waals surface area contributed by atoms with Gasteiger partial charge in [-0.2, -0.15) is 0 Å². The average molecular weight is 535 g/mol. The van der Waals surface area contributed by atoms with Gasteiger partial charge in [0.15, 0.2) is 9.92 Å². The summed E-state index contributed by atoms with van der Waals surface area (Å²) in [5.74, 6) is 0.468. The molecule has 6 nitrogen and oxygen atoms in total. The van der Waals surface area contributed by atoms with Crippen LogP contribution in [-0.2, 0) is 19.4 Å². The van der Waals surface area contributed by atoms with Crippen molar-refractivity contribution in [3.05, 3.63) is 59.1 Å². The van der Waals surface area contributed by atoms with Gasteiger partial charge in [-0.15, -0.1) is 11.8 Å². The zero-order valence-electron chi connectivity index (χ0n) is 17.7. The van der Waals surface area contributed by atoms with Crippen LogP contribution in [0.1, 0.15) is 12.8 Å². The van der Waals surface area contributed by atoms with E-state index in [9.17, 15) is 9.00 Å². The van der Waals surface area contributed by atoms with E-state index in [-0.39, 0.29) is 17.8 Å². The number of carbonyl (C=O) groups excluding carboxylic acids is 1. The lowest BCUT2D eigenvalue weighted by Gasteiger charge is -2.19. The number of hydrogen-bond acceptors (Lipinski definition) is 6. The van der Waals surface area contributed by atoms with E-state index in [0.717, 1.165) is 33.0 Å². The van der Waals surface area contributed by atoms with Gasteiger partial charge in [0.05, 0.1) is 41.5 Å². The van der Waals surface area contributed by atoms with E-state index < -0.39 is 9.92 Å². The molecule has 1 atom stereocenters. The number of fused-ring (bicyclic) bond motifs is 1. The fraction of sp³-hybridized carbons (Fsp3) is 0.261. The molecule has 0 radical (unpaired) electrons. The van der Waals surface area contributed by atoms with Crippen LogP contribution in [0.3, 0.4) is 0 Å². The van der Waals surface area contributed by atoms with E-state index in [1.807, 2.05) is 54.6 Å². The van der Waals surface area contributed by atoms with Gasteiger partial charge in [-0.25, -0.2) is 8.57 Å². The van der Waals surface area contributed by atoms with E-state index in [0.29, 0.717) is 16.3 Å². The highest BCUT2D eigenvalue weighted by atomic mass is 79.9. The fourth-order valence-corrected chi connectivity index (χ4v) is 6.30. The van der Waals surface area contributed by atoms with Crippen LogP contribution in [0, 0.1) is 0 Å². The Bertz CT molecular complexity index is 1270. The highest BCUT2D eigenvalue weighted by molar-refractivity contribution is 9.10. The first-order valence-electron chi connectivity index (χ1n) is 10.0. The van der Waals surface area contributed by atoms with Crippen LogP contribution in [0.2, 0.25) is 0 Å². The topological polar surface area (TPSA) is 77.0 Å². The van der Waals surface area contributed by atoms with Crippen molar-refractivity contribution in [2.45, 2.75) is 28.7 Å². The third-order valence-corrected chi connectivity index (χ3v) is 8.49. The Balaban J connectivity index is 1.84. The zero-order chi connectivity index (χ0) is 22.7. The maximum absolute atomic E-state index is 14.1. The minimum atomic E-state index is -2.93. The summed E-state index contributed by atoms with van der Waals surface area (Å²) in [4.78, 5) is 13.1. The third kappa shape index (κ3) is 5.05. The van der Waals surface area contributed by atoms with Crippen LogP contribution >= 0.6 is 27.7 Å². The predicted molar refractivity (Wildman–Crippen MR) is 133 cm³/mol. The van der Waals surface area contributed by atoms with Crippen molar-refractivity contribution in [3.63, 3.8) is 0 Å². The van der Waals surface area contributed by atoms with Gasteiger partial charge in [0.2, 0.25) is 0 Å². The minimum absolute atomic E-state index is 0.0938. The van der Waals surface area contributed by atoms with Gasteiger partial charge < -0.3 is 9.47 Å². The molecule has 0 spiro atoms. The van der Waals surface area contributed by atoms with Crippen molar-refractivity contribution in [2.75, 3.05) is 24.7 Å². The number of benzene rings is 3. The molecule has 9 heteroatoms. The number of esters is 1. The second-order valence-corrected chi connectivity index (χ2v) is 11.2. The fourth-order valence-electron chi connectivity index (χ4n) is 3.23. The number of rotatable bonds is 8. The SMILES string of the molecule is COC(=O)CSc1cc(NS(=O)(=NC2CC2)c2ccc(Br)cc2)c2ccccc2c1OC. The monoisotopic (exact) mass is 534 g/mol. The molecular weight excluding hydrogens is 512 g/mol. The number of nitrogens with zero attached hydrogens (tertiary/aromatic N) is 1. The van der Waals surface area contributed by atoms with Crippen molar-refractivity contribution in [3.8, 4) is 5.75 Å². The lowest BCUT2D eigenvalue weighted by Crippen LogP contribution is -2.14. The van der Waals surface area contributed by atoms with E-state index >= 15 is 0 Å². The van der Waals surface area contributed by atoms with Gasteiger partial charge in [0, 0.05) is 15.2 Å². The van der Waals surface area contributed by atoms with Crippen LogP contribution < -0.4 is 9.46 Å². The normalized spacial score (nSPS) is 15.1. The number of anilines is 1. The van der Waals surface area contributed by atoms with Gasteiger partial charge in [0.25, 0.3) is 0 Å². The van der Waals surface area contributed by atoms with Gasteiger partial charge >= 0.3 is 5.97 Å². The lowest BCUT2D eigenvalue weighted by molar-refractivity contribution is -0.137. The Morgan fingerprint density at radius 1 is 1.16 bits per heavy atom. The first-order chi connectivity index (χ1) is 15.4. The Labute approximate surface area is 200 Å². The Morgan fingerprint density at radius 3 is 2.47 bits per heavy atom. The highest BCUT2D eigenvalue weighted by Crippen LogP contribution is 2.41. The molecule has 1 aliphatic rings. The number of nitrogens with one attached hydrogen (secondary N) is 1. The summed E-state index contributed by atoms with van der Waals surface area (Å²) in [6.45, 7) is 0. The number of halogens is 1. The molecule has 0 heterocycles. The number of methoxy groups -OCH3 is 2. The molecular formula is C23H23BrN2O4S2. The molecule has 0 aliphatic heterocycles. The van der Waals surface area contributed by atoms with E-state index in [2.05, 4.69) is 25.0 Å². The molecule has 3 aromatic rings. The zero-order valence-corrected chi connectivity index (χ0v) is 20.9. The third-order valence-electron chi connectivity index (χ3n) is 4.96. The number of thioether (sulfide) groups is 1. The first-order valence-corrected chi connectivity index (χ1v) is 13.3. The number of hydrogen-bond donors (Lipinski definition) is 1. The molecule has 1 aliphatic carbocycles. The molecule has 0 amide bonds. The molecule has 0 bridgehead atoms. The summed E-state index contributed by atoms with van der Waals surface area (Å²) in [6, 6.07) is 17.1. The van der Waals surface area contributed by atoms with Gasteiger partial charge in [-0.3, -0.25) is 9.52 Å². The van der Waals surface area contributed by atoms with Crippen LogP contribution in [0.25, 0.3) is 10.8 Å². The maximum atomic E-state index is 14.1. The second kappa shape index (κ2) is 9.72. The molecule has 1 unspecified atom stereocenters. The molecule has 0 saturated heterocycles. The smallest absolute Gasteiger partial charge is 0.315 e. The van der Waals surface area contributed by atoms with Crippen LogP contribution in [0.4, 0.5) is 5.69 Å². The average Bonchev–Trinajstić information content (AvgIpc) is 3.61. The summed E-state index contributed by atoms with van der Waals surface area (Å²) in [7, 11) is 0.0374.